The highest BCUT2D eigenvalue weighted by atomic mass is 16.2. The van der Waals surface area contributed by atoms with Gasteiger partial charge in [0.05, 0.1) is 23.6 Å². The van der Waals surface area contributed by atoms with Gasteiger partial charge in [-0.1, -0.05) is 30.3 Å². The average Bonchev–Trinajstić information content (AvgIpc) is 2.93. The number of carbonyl (C=O) groups excluding carboxylic acids is 1. The molecule has 1 saturated heterocycles. The second kappa shape index (κ2) is 7.49. The Morgan fingerprint density at radius 3 is 2.50 bits per heavy atom. The van der Waals surface area contributed by atoms with Crippen LogP contribution in [0.25, 0.3) is 0 Å². The summed E-state index contributed by atoms with van der Waals surface area (Å²) in [6.45, 7) is 8.77. The number of nitrogens with one attached hydrogen (secondary N) is 2. The van der Waals surface area contributed by atoms with Crippen LogP contribution in [0.5, 0.6) is 0 Å². The fourth-order valence-electron chi connectivity index (χ4n) is 3.20. The molecule has 6 nitrogen and oxygen atoms in total. The number of H-pyrrole nitrogens is 1. The van der Waals surface area contributed by atoms with Crippen LogP contribution in [0.1, 0.15) is 17.0 Å². The Morgan fingerprint density at radius 1 is 1.17 bits per heavy atom. The molecule has 0 unspecified atom stereocenters. The third-order valence-electron chi connectivity index (χ3n) is 4.48. The molecular weight excluding hydrogens is 302 g/mol. The van der Waals surface area contributed by atoms with Gasteiger partial charge in [0.1, 0.15) is 0 Å². The molecule has 2 heterocycles. The Hall–Kier alpha value is -2.34. The lowest BCUT2D eigenvalue weighted by atomic mass is 10.2. The van der Waals surface area contributed by atoms with Crippen molar-refractivity contribution in [2.45, 2.75) is 20.4 Å². The number of aromatic amines is 1. The maximum absolute atomic E-state index is 12.1. The number of rotatable bonds is 5. The average molecular weight is 327 g/mol. The standard InChI is InChI=1S/C18H25N5O/c1-14-18(15(2)21-20-14)23-10-8-22(9-11-23)13-17(24)19-12-16-6-4-3-5-7-16/h3-7H,8-13H2,1-2H3,(H,19,24)(H,20,21). The molecule has 1 fully saturated rings. The zero-order chi connectivity index (χ0) is 16.9. The normalized spacial score (nSPS) is 15.5. The van der Waals surface area contributed by atoms with Crippen molar-refractivity contribution in [3.8, 4) is 0 Å². The van der Waals surface area contributed by atoms with E-state index in [1.807, 2.05) is 37.3 Å². The van der Waals surface area contributed by atoms with E-state index in [0.29, 0.717) is 13.1 Å². The lowest BCUT2D eigenvalue weighted by Crippen LogP contribution is -2.49. The van der Waals surface area contributed by atoms with E-state index in [1.165, 1.54) is 5.69 Å². The van der Waals surface area contributed by atoms with Crippen molar-refractivity contribution in [2.24, 2.45) is 0 Å². The van der Waals surface area contributed by atoms with E-state index >= 15 is 0 Å². The van der Waals surface area contributed by atoms with Gasteiger partial charge in [-0.25, -0.2) is 0 Å². The van der Waals surface area contributed by atoms with Crippen molar-refractivity contribution in [2.75, 3.05) is 37.6 Å². The van der Waals surface area contributed by atoms with Crippen molar-refractivity contribution in [1.29, 1.82) is 0 Å². The van der Waals surface area contributed by atoms with Crippen LogP contribution in [0, 0.1) is 13.8 Å². The van der Waals surface area contributed by atoms with Crippen molar-refractivity contribution >= 4 is 11.6 Å². The molecule has 0 spiro atoms. The van der Waals surface area contributed by atoms with Gasteiger partial charge in [-0.3, -0.25) is 14.8 Å². The van der Waals surface area contributed by atoms with Gasteiger partial charge in [0.25, 0.3) is 0 Å². The van der Waals surface area contributed by atoms with Crippen molar-refractivity contribution in [1.82, 2.24) is 20.4 Å². The molecule has 1 aromatic heterocycles. The summed E-state index contributed by atoms with van der Waals surface area (Å²) in [4.78, 5) is 16.7. The molecule has 2 N–H and O–H groups in total. The summed E-state index contributed by atoms with van der Waals surface area (Å²) >= 11 is 0. The molecule has 0 saturated carbocycles. The molecule has 128 valence electrons. The predicted molar refractivity (Wildman–Crippen MR) is 95.0 cm³/mol. The Morgan fingerprint density at radius 2 is 1.88 bits per heavy atom. The van der Waals surface area contributed by atoms with Crippen LogP contribution in [0.2, 0.25) is 0 Å². The number of nitrogens with zero attached hydrogens (tertiary/aromatic N) is 3. The SMILES string of the molecule is Cc1n[nH]c(C)c1N1CCN(CC(=O)NCc2ccccc2)CC1. The first-order valence-corrected chi connectivity index (χ1v) is 8.43. The first kappa shape index (κ1) is 16.5. The zero-order valence-electron chi connectivity index (χ0n) is 14.4. The van der Waals surface area contributed by atoms with E-state index in [4.69, 9.17) is 0 Å². The quantitative estimate of drug-likeness (QED) is 0.873. The number of aromatic nitrogens is 2. The molecule has 1 aliphatic rings. The molecule has 1 amide bonds. The molecule has 6 heteroatoms. The Bertz CT molecular complexity index is 654. The minimum Gasteiger partial charge on any atom is -0.366 e. The molecule has 0 atom stereocenters. The molecule has 1 aromatic carbocycles. The number of carbonyl (C=O) groups is 1. The summed E-state index contributed by atoms with van der Waals surface area (Å²) in [5.41, 5.74) is 4.49. The van der Waals surface area contributed by atoms with E-state index < -0.39 is 0 Å². The van der Waals surface area contributed by atoms with Gasteiger partial charge >= 0.3 is 0 Å². The summed E-state index contributed by atoms with van der Waals surface area (Å²) in [6.07, 6.45) is 0. The first-order valence-electron chi connectivity index (χ1n) is 8.43. The third-order valence-corrected chi connectivity index (χ3v) is 4.48. The largest absolute Gasteiger partial charge is 0.366 e. The number of aryl methyl sites for hydroxylation is 2. The monoisotopic (exact) mass is 327 g/mol. The van der Waals surface area contributed by atoms with Crippen LogP contribution in [0.3, 0.4) is 0 Å². The van der Waals surface area contributed by atoms with Gasteiger partial charge < -0.3 is 10.2 Å². The fourth-order valence-corrected chi connectivity index (χ4v) is 3.20. The molecule has 3 rings (SSSR count). The van der Waals surface area contributed by atoms with Crippen molar-refractivity contribution in [3.05, 3.63) is 47.3 Å². The van der Waals surface area contributed by atoms with Gasteiger partial charge in [0.15, 0.2) is 0 Å². The minimum absolute atomic E-state index is 0.0861. The number of benzene rings is 1. The fraction of sp³-hybridized carbons (Fsp3) is 0.444. The smallest absolute Gasteiger partial charge is 0.234 e. The van der Waals surface area contributed by atoms with Crippen LogP contribution in [0.15, 0.2) is 30.3 Å². The van der Waals surface area contributed by atoms with Gasteiger partial charge in [-0.2, -0.15) is 5.10 Å². The maximum Gasteiger partial charge on any atom is 0.234 e. The van der Waals surface area contributed by atoms with E-state index in [0.717, 1.165) is 43.1 Å². The molecule has 0 radical (unpaired) electrons. The molecular formula is C18H25N5O. The van der Waals surface area contributed by atoms with Gasteiger partial charge in [-0.05, 0) is 19.4 Å². The summed E-state index contributed by atoms with van der Waals surface area (Å²) in [6, 6.07) is 10.00. The van der Waals surface area contributed by atoms with E-state index in [2.05, 4.69) is 32.2 Å². The number of anilines is 1. The first-order chi connectivity index (χ1) is 11.6. The Labute approximate surface area is 142 Å². The molecule has 0 bridgehead atoms. The van der Waals surface area contributed by atoms with E-state index in [-0.39, 0.29) is 5.91 Å². The predicted octanol–water partition coefficient (Wildman–Crippen LogP) is 1.46. The number of piperazine rings is 1. The summed E-state index contributed by atoms with van der Waals surface area (Å²) in [5, 5.41) is 10.3. The van der Waals surface area contributed by atoms with Crippen LogP contribution < -0.4 is 10.2 Å². The second-order valence-corrected chi connectivity index (χ2v) is 6.31. The van der Waals surface area contributed by atoms with E-state index in [1.54, 1.807) is 0 Å². The zero-order valence-corrected chi connectivity index (χ0v) is 14.4. The highest BCUT2D eigenvalue weighted by Crippen LogP contribution is 2.23. The second-order valence-electron chi connectivity index (χ2n) is 6.31. The lowest BCUT2D eigenvalue weighted by Gasteiger charge is -2.35. The summed E-state index contributed by atoms with van der Waals surface area (Å²) in [7, 11) is 0. The summed E-state index contributed by atoms with van der Waals surface area (Å²) < 4.78 is 0. The van der Waals surface area contributed by atoms with Crippen LogP contribution in [-0.2, 0) is 11.3 Å². The topological polar surface area (TPSA) is 64.3 Å². The number of amides is 1. The van der Waals surface area contributed by atoms with Gasteiger partial charge in [-0.15, -0.1) is 0 Å². The van der Waals surface area contributed by atoms with Gasteiger partial charge in [0, 0.05) is 32.7 Å². The van der Waals surface area contributed by atoms with Gasteiger partial charge in [0.2, 0.25) is 5.91 Å². The maximum atomic E-state index is 12.1. The van der Waals surface area contributed by atoms with Crippen LogP contribution in [0.4, 0.5) is 5.69 Å². The molecule has 1 aliphatic heterocycles. The minimum atomic E-state index is 0.0861. The van der Waals surface area contributed by atoms with Crippen LogP contribution in [-0.4, -0.2) is 53.7 Å². The number of hydrogen-bond acceptors (Lipinski definition) is 4. The Kier molecular flexibility index (Phi) is 5.15. The third kappa shape index (κ3) is 3.94. The summed E-state index contributed by atoms with van der Waals surface area (Å²) in [5.74, 6) is 0.0861. The lowest BCUT2D eigenvalue weighted by molar-refractivity contribution is -0.122. The molecule has 2 aromatic rings. The molecule has 0 aliphatic carbocycles. The van der Waals surface area contributed by atoms with Crippen molar-refractivity contribution < 1.29 is 4.79 Å². The highest BCUT2D eigenvalue weighted by molar-refractivity contribution is 5.78. The van der Waals surface area contributed by atoms with Crippen molar-refractivity contribution in [3.63, 3.8) is 0 Å². The molecule has 24 heavy (non-hydrogen) atoms. The van der Waals surface area contributed by atoms with E-state index in [9.17, 15) is 4.79 Å². The van der Waals surface area contributed by atoms with Crippen LogP contribution >= 0.6 is 0 Å². The Balaban J connectivity index is 1.44. The highest BCUT2D eigenvalue weighted by Gasteiger charge is 2.22. The number of hydrogen-bond donors (Lipinski definition) is 2.